The highest BCUT2D eigenvalue weighted by molar-refractivity contribution is 5.95. The fourth-order valence-electron chi connectivity index (χ4n) is 13.9. The van der Waals surface area contributed by atoms with E-state index in [4.69, 9.17) is 9.47 Å². The lowest BCUT2D eigenvalue weighted by atomic mass is 9.47. The summed E-state index contributed by atoms with van der Waals surface area (Å²) in [6.45, 7) is 11.1. The Kier molecular flexibility index (Phi) is 10.5. The van der Waals surface area contributed by atoms with E-state index in [9.17, 15) is 25.2 Å². The van der Waals surface area contributed by atoms with E-state index < -0.39 is 57.1 Å². The summed E-state index contributed by atoms with van der Waals surface area (Å²) < 4.78 is 12.4. The van der Waals surface area contributed by atoms with Crippen LogP contribution < -0.4 is 15.0 Å². The summed E-state index contributed by atoms with van der Waals surface area (Å²) in [5.74, 6) is -0.694. The van der Waals surface area contributed by atoms with Crippen LogP contribution in [0.25, 0.3) is 10.9 Å². The summed E-state index contributed by atoms with van der Waals surface area (Å²) in [6.07, 6.45) is 6.76. The average Bonchev–Trinajstić information content (AvgIpc) is 3.91. The van der Waals surface area contributed by atoms with Crippen LogP contribution in [0.1, 0.15) is 95.0 Å². The number of piperidine rings is 1. The molecule has 336 valence electrons. The number of hydrogen-bond donors (Lipinski definition) is 6. The molecule has 13 nitrogen and oxygen atoms in total. The molecule has 1 aliphatic carbocycles. The standard InChI is InChI=1S/C49H67N5O8/c1-8-45(59)26-30-27-48(43(57)62-7,38-32(16-22-53(28-30)29-45)31-14-10-11-15-35(31)51-38)34-24-33-36(25-37(34)61-6)52(5)40-47(33)19-23-54-21-13-18-46(9-2,39(47)54)41(55)49(40,60)42(56)50-20-12-17-44(3,4)58/h10-11,13-15,18,24-25,30,39-41,51,55,58-60H,8-9,12,16-17,19-23,26-29H2,1-7H3,(H,50,56)/t30-,39+,40-,41-,45+,46-,47-,48+,49+/m0/s1. The highest BCUT2D eigenvalue weighted by Crippen LogP contribution is 2.67. The van der Waals surface area contributed by atoms with Gasteiger partial charge in [0.15, 0.2) is 5.60 Å². The Hall–Kier alpha value is -3.98. The van der Waals surface area contributed by atoms with Gasteiger partial charge in [0.1, 0.15) is 17.3 Å². The number of anilines is 1. The van der Waals surface area contributed by atoms with Crippen LogP contribution in [-0.2, 0) is 31.6 Å². The molecule has 6 heterocycles. The van der Waals surface area contributed by atoms with E-state index in [0.717, 1.165) is 33.4 Å². The van der Waals surface area contributed by atoms with E-state index in [1.54, 1.807) is 21.0 Å². The Labute approximate surface area is 365 Å². The number of carbonyl (C=O) groups is 2. The third-order valence-electron chi connectivity index (χ3n) is 16.5. The van der Waals surface area contributed by atoms with Gasteiger partial charge in [-0.25, -0.2) is 0 Å². The molecule has 3 aromatic rings. The Bertz CT molecular complexity index is 2290. The van der Waals surface area contributed by atoms with Crippen molar-refractivity contribution in [2.45, 2.75) is 125 Å². The van der Waals surface area contributed by atoms with Crippen LogP contribution in [0, 0.1) is 11.3 Å². The number of esters is 1. The number of aliphatic hydroxyl groups is 4. The van der Waals surface area contributed by atoms with E-state index in [1.165, 1.54) is 7.11 Å². The first-order valence-corrected chi connectivity index (χ1v) is 22.9. The second-order valence-electron chi connectivity index (χ2n) is 20.3. The number of nitrogens with one attached hydrogen (secondary N) is 2. The highest BCUT2D eigenvalue weighted by Gasteiger charge is 2.78. The third kappa shape index (κ3) is 6.01. The number of amides is 1. The molecule has 5 aliphatic heterocycles. The number of fused-ring (bicyclic) bond motifs is 6. The number of methoxy groups -OCH3 is 2. The Morgan fingerprint density at radius 2 is 1.81 bits per heavy atom. The largest absolute Gasteiger partial charge is 0.496 e. The summed E-state index contributed by atoms with van der Waals surface area (Å²) in [5.41, 5.74) is -2.39. The van der Waals surface area contributed by atoms with Crippen LogP contribution >= 0.6 is 0 Å². The van der Waals surface area contributed by atoms with Crippen LogP contribution in [0.3, 0.4) is 0 Å². The van der Waals surface area contributed by atoms with Crippen LogP contribution in [0.15, 0.2) is 48.6 Å². The number of carbonyl (C=O) groups excluding carboxylic acids is 2. The minimum Gasteiger partial charge on any atom is -0.496 e. The maximum atomic E-state index is 15.4. The van der Waals surface area contributed by atoms with Crippen molar-refractivity contribution < 1.29 is 39.5 Å². The van der Waals surface area contributed by atoms with E-state index in [-0.39, 0.29) is 18.5 Å². The van der Waals surface area contributed by atoms with Gasteiger partial charge in [0.05, 0.1) is 31.5 Å². The summed E-state index contributed by atoms with van der Waals surface area (Å²) in [4.78, 5) is 40.7. The van der Waals surface area contributed by atoms with Gasteiger partial charge in [0.2, 0.25) is 0 Å². The molecule has 1 amide bonds. The molecular formula is C49H67N5O8. The molecule has 62 heavy (non-hydrogen) atoms. The van der Waals surface area contributed by atoms with Crippen LogP contribution in [0.4, 0.5) is 5.69 Å². The maximum absolute atomic E-state index is 15.4. The normalized spacial score (nSPS) is 36.2. The predicted octanol–water partition coefficient (Wildman–Crippen LogP) is 3.91. The van der Waals surface area contributed by atoms with Crippen molar-refractivity contribution in [3.63, 3.8) is 0 Å². The van der Waals surface area contributed by atoms with Gasteiger partial charge in [0, 0.05) is 90.6 Å². The van der Waals surface area contributed by atoms with E-state index in [2.05, 4.69) is 38.3 Å². The Balaban J connectivity index is 1.29. The number of para-hydroxylation sites is 1. The molecule has 10 atom stereocenters. The number of nitrogens with zero attached hydrogens (tertiary/aromatic N) is 3. The number of hydrogen-bond acceptors (Lipinski definition) is 11. The van der Waals surface area contributed by atoms with Crippen LogP contribution in [0.5, 0.6) is 5.75 Å². The SMILES string of the molecule is CC[C@@]1(O)C[C@@H]2CN(CCc3c([nH]c4ccccc34)[C@](C(=O)OC)(c3cc4c(cc3OC)N(C)[C@@H]3[C@](O)(C(=O)NCCCC(C)(C)O)[C@@H](O)[C@@]5(CC)C=CCN6CC[C@@]43[C@H]65)C2)C1. The number of benzene rings is 2. The van der Waals surface area contributed by atoms with Crippen molar-refractivity contribution in [1.29, 1.82) is 0 Å². The topological polar surface area (TPSA) is 171 Å². The lowest BCUT2D eigenvalue weighted by molar-refractivity contribution is -0.203. The summed E-state index contributed by atoms with van der Waals surface area (Å²) in [6, 6.07) is 11.1. The molecule has 6 N–H and O–H groups in total. The number of ether oxygens (including phenoxy) is 2. The van der Waals surface area contributed by atoms with Crippen LogP contribution in [0.2, 0.25) is 0 Å². The first kappa shape index (κ1) is 43.3. The van der Waals surface area contributed by atoms with Crippen molar-refractivity contribution in [2.75, 3.05) is 65.4 Å². The number of aliphatic hydroxyl groups excluding tert-OH is 1. The Morgan fingerprint density at radius 3 is 2.52 bits per heavy atom. The maximum Gasteiger partial charge on any atom is 0.322 e. The zero-order chi connectivity index (χ0) is 44.2. The summed E-state index contributed by atoms with van der Waals surface area (Å²) >= 11 is 0. The molecule has 9 rings (SSSR count). The zero-order valence-corrected chi connectivity index (χ0v) is 37.6. The van der Waals surface area contributed by atoms with Crippen LogP contribution in [-0.4, -0.2) is 143 Å². The summed E-state index contributed by atoms with van der Waals surface area (Å²) in [7, 11) is 4.95. The third-order valence-corrected chi connectivity index (χ3v) is 16.5. The molecule has 3 fully saturated rings. The number of rotatable bonds is 10. The van der Waals surface area contributed by atoms with E-state index in [1.807, 2.05) is 56.1 Å². The average molecular weight is 854 g/mol. The monoisotopic (exact) mass is 853 g/mol. The second kappa shape index (κ2) is 15.1. The van der Waals surface area contributed by atoms with E-state index in [0.29, 0.717) is 95.4 Å². The number of H-pyrrole nitrogens is 1. The van der Waals surface area contributed by atoms with Gasteiger partial charge in [-0.15, -0.1) is 0 Å². The smallest absolute Gasteiger partial charge is 0.322 e. The highest BCUT2D eigenvalue weighted by atomic mass is 16.5. The van der Waals surface area contributed by atoms with Gasteiger partial charge in [-0.2, -0.15) is 0 Å². The first-order valence-electron chi connectivity index (χ1n) is 22.9. The first-order chi connectivity index (χ1) is 29.5. The predicted molar refractivity (Wildman–Crippen MR) is 237 cm³/mol. The van der Waals surface area contributed by atoms with Gasteiger partial charge < -0.3 is 45.1 Å². The van der Waals surface area contributed by atoms with Gasteiger partial charge in [-0.3, -0.25) is 19.4 Å². The van der Waals surface area contributed by atoms with E-state index >= 15 is 4.79 Å². The molecule has 1 spiro atoms. The Morgan fingerprint density at radius 1 is 1.03 bits per heavy atom. The molecule has 2 bridgehead atoms. The van der Waals surface area contributed by atoms with Gasteiger partial charge in [-0.1, -0.05) is 44.2 Å². The summed E-state index contributed by atoms with van der Waals surface area (Å²) in [5, 5.41) is 52.6. The molecule has 13 heteroatoms. The molecule has 6 aliphatic rings. The second-order valence-corrected chi connectivity index (χ2v) is 20.3. The van der Waals surface area contributed by atoms with Gasteiger partial charge >= 0.3 is 5.97 Å². The number of aromatic amines is 1. The minimum atomic E-state index is -2.27. The van der Waals surface area contributed by atoms with Crippen molar-refractivity contribution in [2.24, 2.45) is 11.3 Å². The molecule has 2 aromatic carbocycles. The van der Waals surface area contributed by atoms with Crippen molar-refractivity contribution in [3.05, 3.63) is 70.9 Å². The fraction of sp³-hybridized carbons (Fsp3) is 0.633. The number of likely N-dealkylation sites (N-methyl/N-ethyl adjacent to an activating group) is 1. The quantitative estimate of drug-likeness (QED) is 0.0994. The van der Waals surface area contributed by atoms with Crippen molar-refractivity contribution >= 4 is 28.5 Å². The van der Waals surface area contributed by atoms with Gasteiger partial charge in [-0.05, 0) is 101 Å². The number of aromatic nitrogens is 1. The molecular weight excluding hydrogens is 787 g/mol. The molecule has 1 saturated carbocycles. The fourth-order valence-corrected chi connectivity index (χ4v) is 13.9. The zero-order valence-electron chi connectivity index (χ0n) is 37.6. The molecule has 1 aromatic heterocycles. The lowest BCUT2D eigenvalue weighted by Gasteiger charge is -2.63. The van der Waals surface area contributed by atoms with Crippen molar-refractivity contribution in [3.8, 4) is 5.75 Å². The van der Waals surface area contributed by atoms with Gasteiger partial charge in [0.25, 0.3) is 5.91 Å². The molecule has 0 radical (unpaired) electrons. The van der Waals surface area contributed by atoms with Crippen molar-refractivity contribution in [1.82, 2.24) is 20.1 Å². The molecule has 1 unspecified atom stereocenters. The minimum absolute atomic E-state index is 0.0927. The molecule has 2 saturated heterocycles. The lowest BCUT2D eigenvalue weighted by Crippen LogP contribution is -2.81.